The predicted octanol–water partition coefficient (Wildman–Crippen LogP) is 0.809. The van der Waals surface area contributed by atoms with Crippen LogP contribution in [0.25, 0.3) is 0 Å². The third-order valence-corrected chi connectivity index (χ3v) is 2.45. The highest BCUT2D eigenvalue weighted by molar-refractivity contribution is 7.80. The first kappa shape index (κ1) is 18.1. The van der Waals surface area contributed by atoms with E-state index in [-0.39, 0.29) is 18.9 Å². The van der Waals surface area contributed by atoms with Crippen LogP contribution in [0.2, 0.25) is 0 Å². The number of hydrogen-bond donors (Lipinski definition) is 1. The van der Waals surface area contributed by atoms with Gasteiger partial charge in [-0.2, -0.15) is 0 Å². The van der Waals surface area contributed by atoms with Crippen LogP contribution in [0.3, 0.4) is 0 Å². The number of methoxy groups -OCH3 is 1. The maximum atomic E-state index is 11.8. The van der Waals surface area contributed by atoms with Crippen molar-refractivity contribution in [3.05, 3.63) is 0 Å². The molecular formula is C11H20F2N2O3S. The van der Waals surface area contributed by atoms with Crippen molar-refractivity contribution in [2.45, 2.75) is 19.3 Å². The summed E-state index contributed by atoms with van der Waals surface area (Å²) in [6, 6.07) is 0. The molecule has 0 aliphatic carbocycles. The van der Waals surface area contributed by atoms with E-state index >= 15 is 0 Å². The molecule has 0 saturated carbocycles. The van der Waals surface area contributed by atoms with E-state index < -0.39 is 13.0 Å². The Morgan fingerprint density at radius 2 is 2.00 bits per heavy atom. The van der Waals surface area contributed by atoms with Gasteiger partial charge in [-0.1, -0.05) is 12.2 Å². The fourth-order valence-corrected chi connectivity index (χ4v) is 1.39. The third-order valence-electron chi connectivity index (χ3n) is 2.25. The Labute approximate surface area is 117 Å². The van der Waals surface area contributed by atoms with Gasteiger partial charge in [0.25, 0.3) is 6.43 Å². The van der Waals surface area contributed by atoms with E-state index in [9.17, 15) is 13.6 Å². The van der Waals surface area contributed by atoms with E-state index in [1.807, 2.05) is 0 Å². The van der Waals surface area contributed by atoms with Crippen LogP contribution in [0.4, 0.5) is 8.78 Å². The Hall–Kier alpha value is -0.860. The summed E-state index contributed by atoms with van der Waals surface area (Å²) < 4.78 is 33.2. The smallest absolute Gasteiger partial charge is 0.261 e. The molecule has 0 fully saturated rings. The second-order valence-electron chi connectivity index (χ2n) is 3.81. The third kappa shape index (κ3) is 10.7. The van der Waals surface area contributed by atoms with Crippen molar-refractivity contribution < 1.29 is 23.0 Å². The molecule has 0 aliphatic heterocycles. The number of rotatable bonds is 11. The summed E-state index contributed by atoms with van der Waals surface area (Å²) in [6.07, 6.45) is -2.05. The molecule has 0 spiro atoms. The van der Waals surface area contributed by atoms with Gasteiger partial charge in [0.1, 0.15) is 6.61 Å². The molecule has 19 heavy (non-hydrogen) atoms. The predicted molar refractivity (Wildman–Crippen MR) is 71.3 cm³/mol. The zero-order valence-corrected chi connectivity index (χ0v) is 11.8. The standard InChI is InChI=1S/C11H20F2N2O3S/c1-17-7-5-15(4-2-10(14)19)11(16)3-6-18-8-9(12)13/h9H,2-8H2,1H3,(H2,14,19). The molecule has 0 aliphatic rings. The topological polar surface area (TPSA) is 64.8 Å². The van der Waals surface area contributed by atoms with Crippen molar-refractivity contribution in [2.75, 3.05) is 40.0 Å². The minimum absolute atomic E-state index is 0.0280. The Morgan fingerprint density at radius 1 is 1.32 bits per heavy atom. The molecular weight excluding hydrogens is 278 g/mol. The highest BCUT2D eigenvalue weighted by Crippen LogP contribution is 2.00. The van der Waals surface area contributed by atoms with Crippen LogP contribution in [0.15, 0.2) is 0 Å². The molecule has 0 atom stereocenters. The van der Waals surface area contributed by atoms with Gasteiger partial charge in [-0.25, -0.2) is 8.78 Å². The normalized spacial score (nSPS) is 10.7. The Balaban J connectivity index is 4.02. The zero-order valence-electron chi connectivity index (χ0n) is 10.9. The zero-order chi connectivity index (χ0) is 14.7. The van der Waals surface area contributed by atoms with Crippen molar-refractivity contribution in [3.8, 4) is 0 Å². The van der Waals surface area contributed by atoms with Crippen molar-refractivity contribution in [1.82, 2.24) is 4.90 Å². The molecule has 0 aromatic carbocycles. The van der Waals surface area contributed by atoms with Crippen LogP contribution in [0, 0.1) is 0 Å². The summed E-state index contributed by atoms with van der Waals surface area (Å²) in [5, 5.41) is 0. The van der Waals surface area contributed by atoms with E-state index in [1.165, 1.54) is 12.0 Å². The van der Waals surface area contributed by atoms with Gasteiger partial charge in [-0.3, -0.25) is 4.79 Å². The molecule has 0 heterocycles. The summed E-state index contributed by atoms with van der Waals surface area (Å²) in [7, 11) is 1.53. The molecule has 1 amide bonds. The summed E-state index contributed by atoms with van der Waals surface area (Å²) in [6.45, 7) is 0.512. The summed E-state index contributed by atoms with van der Waals surface area (Å²) in [5.41, 5.74) is 5.38. The number of nitrogens with two attached hydrogens (primary N) is 1. The van der Waals surface area contributed by atoms with E-state index in [0.29, 0.717) is 31.1 Å². The molecule has 0 rings (SSSR count). The monoisotopic (exact) mass is 298 g/mol. The molecule has 0 aromatic rings. The number of nitrogens with zero attached hydrogens (tertiary/aromatic N) is 1. The quantitative estimate of drug-likeness (QED) is 0.452. The van der Waals surface area contributed by atoms with Crippen LogP contribution in [0.5, 0.6) is 0 Å². The first-order valence-corrected chi connectivity index (χ1v) is 6.29. The highest BCUT2D eigenvalue weighted by atomic mass is 32.1. The summed E-state index contributed by atoms with van der Waals surface area (Å²) in [4.78, 5) is 13.7. The lowest BCUT2D eigenvalue weighted by Crippen LogP contribution is -2.36. The molecule has 0 saturated heterocycles. The van der Waals surface area contributed by atoms with Gasteiger partial charge in [0.15, 0.2) is 0 Å². The fraction of sp³-hybridized carbons (Fsp3) is 0.818. The molecule has 0 unspecified atom stereocenters. The van der Waals surface area contributed by atoms with Gasteiger partial charge in [0, 0.05) is 26.6 Å². The lowest BCUT2D eigenvalue weighted by Gasteiger charge is -2.22. The van der Waals surface area contributed by atoms with Crippen molar-refractivity contribution in [3.63, 3.8) is 0 Å². The molecule has 5 nitrogen and oxygen atoms in total. The minimum Gasteiger partial charge on any atom is -0.393 e. The first-order chi connectivity index (χ1) is 8.97. The van der Waals surface area contributed by atoms with Crippen LogP contribution >= 0.6 is 12.2 Å². The van der Waals surface area contributed by atoms with E-state index in [2.05, 4.69) is 4.74 Å². The van der Waals surface area contributed by atoms with E-state index in [4.69, 9.17) is 22.7 Å². The largest absolute Gasteiger partial charge is 0.393 e. The summed E-state index contributed by atoms with van der Waals surface area (Å²) >= 11 is 4.75. The maximum Gasteiger partial charge on any atom is 0.261 e. The van der Waals surface area contributed by atoms with Crippen LogP contribution in [-0.2, 0) is 14.3 Å². The molecule has 2 N–H and O–H groups in total. The number of carbonyl (C=O) groups is 1. The van der Waals surface area contributed by atoms with Gasteiger partial charge in [0.05, 0.1) is 24.6 Å². The van der Waals surface area contributed by atoms with Crippen molar-refractivity contribution in [1.29, 1.82) is 0 Å². The average Bonchev–Trinajstić information content (AvgIpc) is 2.34. The molecule has 0 bridgehead atoms. The second-order valence-corrected chi connectivity index (χ2v) is 4.33. The number of alkyl halides is 2. The second kappa shape index (κ2) is 11.0. The molecule has 0 radical (unpaired) electrons. The number of carbonyl (C=O) groups excluding carboxylic acids is 1. The maximum absolute atomic E-state index is 11.8. The van der Waals surface area contributed by atoms with Gasteiger partial charge in [0.2, 0.25) is 5.91 Å². The first-order valence-electron chi connectivity index (χ1n) is 5.88. The van der Waals surface area contributed by atoms with Gasteiger partial charge >= 0.3 is 0 Å². The lowest BCUT2D eigenvalue weighted by molar-refractivity contribution is -0.133. The van der Waals surface area contributed by atoms with E-state index in [1.54, 1.807) is 0 Å². The van der Waals surface area contributed by atoms with E-state index in [0.717, 1.165) is 0 Å². The minimum atomic E-state index is -2.52. The van der Waals surface area contributed by atoms with Gasteiger partial charge in [-0.15, -0.1) is 0 Å². The van der Waals surface area contributed by atoms with Crippen molar-refractivity contribution >= 4 is 23.1 Å². The van der Waals surface area contributed by atoms with Crippen LogP contribution in [0.1, 0.15) is 12.8 Å². The van der Waals surface area contributed by atoms with Crippen LogP contribution in [-0.4, -0.2) is 62.2 Å². The summed E-state index contributed by atoms with van der Waals surface area (Å²) in [5.74, 6) is -0.192. The Morgan fingerprint density at radius 3 is 2.53 bits per heavy atom. The lowest BCUT2D eigenvalue weighted by atomic mass is 10.3. The Kier molecular flexibility index (Phi) is 10.5. The number of halogens is 2. The van der Waals surface area contributed by atoms with Crippen molar-refractivity contribution in [2.24, 2.45) is 5.73 Å². The fourth-order valence-electron chi connectivity index (χ4n) is 1.30. The van der Waals surface area contributed by atoms with Gasteiger partial charge < -0.3 is 20.1 Å². The SMILES string of the molecule is COCCN(CCC(N)=S)C(=O)CCOCC(F)F. The number of hydrogen-bond acceptors (Lipinski definition) is 4. The Bertz CT molecular complexity index is 281. The molecule has 112 valence electrons. The molecule has 8 heteroatoms. The molecule has 0 aromatic heterocycles. The number of ether oxygens (including phenoxy) is 2. The van der Waals surface area contributed by atoms with Crippen LogP contribution < -0.4 is 5.73 Å². The average molecular weight is 298 g/mol. The number of thiocarbonyl (C=S) groups is 1. The van der Waals surface area contributed by atoms with Gasteiger partial charge in [-0.05, 0) is 0 Å². The highest BCUT2D eigenvalue weighted by Gasteiger charge is 2.13. The number of amides is 1.